The summed E-state index contributed by atoms with van der Waals surface area (Å²) in [6.45, 7) is 1.99. The summed E-state index contributed by atoms with van der Waals surface area (Å²) in [4.78, 5) is 28.7. The van der Waals surface area contributed by atoms with E-state index >= 15 is 0 Å². The Morgan fingerprint density at radius 2 is 1.74 bits per heavy atom. The van der Waals surface area contributed by atoms with Crippen LogP contribution in [0.15, 0.2) is 60.8 Å². The fraction of sp³-hybridized carbons (Fsp3) is 0.333. The maximum absolute atomic E-state index is 13.6. The second-order valence-corrected chi connectivity index (χ2v) is 8.52. The number of carbonyl (C=O) groups excluding carboxylic acids is 2. The quantitative estimate of drug-likeness (QED) is 0.611. The zero-order chi connectivity index (χ0) is 21.6. The van der Waals surface area contributed by atoms with Crippen LogP contribution in [0, 0.1) is 6.92 Å². The van der Waals surface area contributed by atoms with Crippen molar-refractivity contribution in [2.24, 2.45) is 0 Å². The molecule has 1 N–H and O–H groups in total. The number of carbonyl (C=O) groups is 2. The lowest BCUT2D eigenvalue weighted by Gasteiger charge is -2.33. The highest BCUT2D eigenvalue weighted by molar-refractivity contribution is 6.99. The lowest BCUT2D eigenvalue weighted by molar-refractivity contribution is -0.123. The Kier molecular flexibility index (Phi) is 6.72. The van der Waals surface area contributed by atoms with Gasteiger partial charge in [0.05, 0.1) is 17.9 Å². The number of nitrogens with zero attached hydrogens (tertiary/aromatic N) is 3. The number of hydrogen-bond acceptors (Lipinski definition) is 5. The third-order valence-corrected chi connectivity index (χ3v) is 6.16. The zero-order valence-electron chi connectivity index (χ0n) is 17.5. The van der Waals surface area contributed by atoms with E-state index < -0.39 is 6.04 Å². The van der Waals surface area contributed by atoms with E-state index in [1.54, 1.807) is 4.90 Å². The molecule has 7 heteroatoms. The zero-order valence-corrected chi connectivity index (χ0v) is 18.3. The average Bonchev–Trinajstić information content (AvgIpc) is 3.34. The molecular weight excluding hydrogens is 408 g/mol. The molecule has 6 nitrogen and oxygen atoms in total. The molecule has 1 aliphatic carbocycles. The molecule has 1 saturated carbocycles. The van der Waals surface area contributed by atoms with Crippen LogP contribution in [-0.4, -0.2) is 26.6 Å². The molecule has 2 aromatic carbocycles. The molecular formula is C24H26N4O2S. The van der Waals surface area contributed by atoms with Gasteiger partial charge in [-0.1, -0.05) is 67.3 Å². The number of benzene rings is 2. The van der Waals surface area contributed by atoms with Crippen LogP contribution in [0.2, 0.25) is 0 Å². The average molecular weight is 435 g/mol. The van der Waals surface area contributed by atoms with Crippen molar-refractivity contribution >= 4 is 29.2 Å². The van der Waals surface area contributed by atoms with Crippen molar-refractivity contribution in [3.8, 4) is 0 Å². The first kappa shape index (κ1) is 21.2. The van der Waals surface area contributed by atoms with Gasteiger partial charge in [0.25, 0.3) is 5.91 Å². The van der Waals surface area contributed by atoms with Gasteiger partial charge in [0.15, 0.2) is 5.69 Å². The van der Waals surface area contributed by atoms with E-state index in [1.807, 2.05) is 61.5 Å². The van der Waals surface area contributed by atoms with E-state index in [0.717, 1.165) is 48.5 Å². The first-order valence-corrected chi connectivity index (χ1v) is 11.4. The molecule has 0 spiro atoms. The Labute approximate surface area is 186 Å². The summed E-state index contributed by atoms with van der Waals surface area (Å²) in [7, 11) is 0. The van der Waals surface area contributed by atoms with Gasteiger partial charge in [0.1, 0.15) is 6.04 Å². The molecule has 0 radical (unpaired) electrons. The molecule has 1 fully saturated rings. The van der Waals surface area contributed by atoms with Crippen LogP contribution in [0.5, 0.6) is 0 Å². The van der Waals surface area contributed by atoms with Crippen LogP contribution >= 0.6 is 11.7 Å². The molecule has 31 heavy (non-hydrogen) atoms. The molecule has 1 unspecified atom stereocenters. The first-order chi connectivity index (χ1) is 15.1. The van der Waals surface area contributed by atoms with Crippen LogP contribution in [0.3, 0.4) is 0 Å². The summed E-state index contributed by atoms with van der Waals surface area (Å²) >= 11 is 0.979. The normalized spacial score (nSPS) is 15.3. The van der Waals surface area contributed by atoms with Gasteiger partial charge in [-0.3, -0.25) is 14.5 Å². The molecule has 160 valence electrons. The number of nitrogens with one attached hydrogen (secondary N) is 1. The lowest BCUT2D eigenvalue weighted by atomic mass is 9.94. The van der Waals surface area contributed by atoms with E-state index in [4.69, 9.17) is 0 Å². The van der Waals surface area contributed by atoms with Crippen LogP contribution in [0.25, 0.3) is 0 Å². The minimum absolute atomic E-state index is 0.142. The Balaban J connectivity index is 1.76. The van der Waals surface area contributed by atoms with Gasteiger partial charge in [-0.05, 0) is 37.5 Å². The summed E-state index contributed by atoms with van der Waals surface area (Å²) in [5, 5.41) is 3.21. The van der Waals surface area contributed by atoms with Gasteiger partial charge >= 0.3 is 0 Å². The number of hydrogen-bond donors (Lipinski definition) is 1. The van der Waals surface area contributed by atoms with E-state index in [2.05, 4.69) is 14.1 Å². The molecule has 0 saturated heterocycles. The van der Waals surface area contributed by atoms with Crippen LogP contribution < -0.4 is 10.2 Å². The lowest BCUT2D eigenvalue weighted by Crippen LogP contribution is -2.47. The highest BCUT2D eigenvalue weighted by Gasteiger charge is 2.35. The van der Waals surface area contributed by atoms with E-state index in [0.29, 0.717) is 5.69 Å². The Morgan fingerprint density at radius 1 is 1.03 bits per heavy atom. The Bertz CT molecular complexity index is 1000. The summed E-state index contributed by atoms with van der Waals surface area (Å²) < 4.78 is 8.13. The Morgan fingerprint density at radius 3 is 2.39 bits per heavy atom. The molecule has 4 rings (SSSR count). The molecule has 0 aliphatic heterocycles. The summed E-state index contributed by atoms with van der Waals surface area (Å²) in [5.41, 5.74) is 2.72. The SMILES string of the molecule is Cc1ccc(N(C(=O)c2cnsn2)C(C(=O)NC2CCCCC2)c2ccccc2)cc1. The van der Waals surface area contributed by atoms with Crippen molar-refractivity contribution < 1.29 is 9.59 Å². The van der Waals surface area contributed by atoms with Gasteiger partial charge in [-0.15, -0.1) is 0 Å². The van der Waals surface area contributed by atoms with Gasteiger partial charge in [0.2, 0.25) is 5.91 Å². The largest absolute Gasteiger partial charge is 0.351 e. The number of anilines is 1. The first-order valence-electron chi connectivity index (χ1n) is 10.7. The van der Waals surface area contributed by atoms with Gasteiger partial charge < -0.3 is 5.32 Å². The smallest absolute Gasteiger partial charge is 0.280 e. The monoisotopic (exact) mass is 434 g/mol. The van der Waals surface area contributed by atoms with Crippen molar-refractivity contribution in [3.05, 3.63) is 77.6 Å². The predicted molar refractivity (Wildman–Crippen MR) is 122 cm³/mol. The topological polar surface area (TPSA) is 75.2 Å². The predicted octanol–water partition coefficient (Wildman–Crippen LogP) is 4.68. The summed E-state index contributed by atoms with van der Waals surface area (Å²) in [6, 6.07) is 16.4. The summed E-state index contributed by atoms with van der Waals surface area (Å²) in [6.07, 6.45) is 6.84. The highest BCUT2D eigenvalue weighted by atomic mass is 32.1. The fourth-order valence-corrected chi connectivity index (χ4v) is 4.46. The van der Waals surface area contributed by atoms with Crippen LogP contribution in [-0.2, 0) is 4.79 Å². The number of aromatic nitrogens is 2. The second-order valence-electron chi connectivity index (χ2n) is 7.96. The van der Waals surface area contributed by atoms with Gasteiger partial charge in [-0.2, -0.15) is 8.75 Å². The summed E-state index contributed by atoms with van der Waals surface area (Å²) in [5.74, 6) is -0.513. The van der Waals surface area contributed by atoms with Gasteiger partial charge in [-0.25, -0.2) is 0 Å². The van der Waals surface area contributed by atoms with E-state index in [1.165, 1.54) is 12.6 Å². The van der Waals surface area contributed by atoms with E-state index in [9.17, 15) is 9.59 Å². The fourth-order valence-electron chi connectivity index (χ4n) is 4.05. The molecule has 1 atom stereocenters. The highest BCUT2D eigenvalue weighted by Crippen LogP contribution is 2.30. The van der Waals surface area contributed by atoms with Crippen molar-refractivity contribution in [1.29, 1.82) is 0 Å². The van der Waals surface area contributed by atoms with Crippen molar-refractivity contribution in [3.63, 3.8) is 0 Å². The minimum Gasteiger partial charge on any atom is -0.351 e. The molecule has 0 bridgehead atoms. The van der Waals surface area contributed by atoms with Crippen molar-refractivity contribution in [2.75, 3.05) is 4.90 Å². The number of rotatable bonds is 6. The molecule has 1 aromatic heterocycles. The minimum atomic E-state index is -0.806. The number of aryl methyl sites for hydroxylation is 1. The second kappa shape index (κ2) is 9.83. The maximum Gasteiger partial charge on any atom is 0.280 e. The third-order valence-electron chi connectivity index (χ3n) is 5.68. The molecule has 1 heterocycles. The molecule has 2 amide bonds. The third kappa shape index (κ3) is 4.99. The van der Waals surface area contributed by atoms with Crippen LogP contribution in [0.1, 0.15) is 59.8 Å². The van der Waals surface area contributed by atoms with Gasteiger partial charge in [0, 0.05) is 11.7 Å². The van der Waals surface area contributed by atoms with Crippen molar-refractivity contribution in [1.82, 2.24) is 14.1 Å². The maximum atomic E-state index is 13.6. The van der Waals surface area contributed by atoms with E-state index in [-0.39, 0.29) is 23.6 Å². The van der Waals surface area contributed by atoms with Crippen LogP contribution in [0.4, 0.5) is 5.69 Å². The van der Waals surface area contributed by atoms with Crippen molar-refractivity contribution in [2.45, 2.75) is 51.1 Å². The molecule has 1 aliphatic rings. The standard InChI is InChI=1S/C24H26N4O2S/c1-17-12-14-20(15-13-17)28(24(30)21-16-25-31-27-21)22(18-8-4-2-5-9-18)23(29)26-19-10-6-3-7-11-19/h2,4-5,8-9,12-16,19,22H,3,6-7,10-11H2,1H3,(H,26,29). The molecule has 3 aromatic rings. The number of amides is 2. The Hall–Kier alpha value is -3.06.